The van der Waals surface area contributed by atoms with Crippen LogP contribution in [0.5, 0.6) is 5.75 Å². The molecule has 0 bridgehead atoms. The van der Waals surface area contributed by atoms with Gasteiger partial charge >= 0.3 is 0 Å². The molecule has 140 valence electrons. The number of rotatable bonds is 10. The lowest BCUT2D eigenvalue weighted by atomic mass is 10.0. The normalized spacial score (nSPS) is 10.6. The molecule has 0 aliphatic rings. The Kier molecular flexibility index (Phi) is 8.20. The first-order valence-electron chi connectivity index (χ1n) is 9.80. The first-order valence-corrected chi connectivity index (χ1v) is 9.80. The van der Waals surface area contributed by atoms with Crippen LogP contribution in [0.1, 0.15) is 56.7 Å². The molecule has 0 radical (unpaired) electrons. The van der Waals surface area contributed by atoms with Crippen LogP contribution in [-0.4, -0.2) is 12.5 Å². The Hall–Kier alpha value is -2.29. The van der Waals surface area contributed by atoms with Gasteiger partial charge in [0.1, 0.15) is 5.75 Å². The Morgan fingerprint density at radius 2 is 1.62 bits per heavy atom. The minimum atomic E-state index is 0.0579. The molecule has 2 aromatic rings. The number of benzene rings is 2. The summed E-state index contributed by atoms with van der Waals surface area (Å²) in [7, 11) is 0. The summed E-state index contributed by atoms with van der Waals surface area (Å²) in [6.45, 7) is 6.96. The first kappa shape index (κ1) is 20.0. The van der Waals surface area contributed by atoms with Crippen molar-refractivity contribution < 1.29 is 9.53 Å². The summed E-state index contributed by atoms with van der Waals surface area (Å²) >= 11 is 0. The molecule has 2 rings (SSSR count). The zero-order valence-corrected chi connectivity index (χ0v) is 16.3. The Morgan fingerprint density at radius 1 is 0.962 bits per heavy atom. The zero-order valence-electron chi connectivity index (χ0n) is 16.3. The average molecular weight is 354 g/mol. The molecule has 0 aliphatic carbocycles. The van der Waals surface area contributed by atoms with Crippen LogP contribution in [0, 0.1) is 0 Å². The van der Waals surface area contributed by atoms with E-state index in [1.54, 1.807) is 0 Å². The molecule has 0 atom stereocenters. The molecular formula is C23H31NO2. The second-order valence-electron chi connectivity index (χ2n) is 6.55. The molecule has 3 heteroatoms. The monoisotopic (exact) mass is 353 g/mol. The van der Waals surface area contributed by atoms with Gasteiger partial charge in [-0.15, -0.1) is 0 Å². The van der Waals surface area contributed by atoms with Crippen LogP contribution >= 0.6 is 0 Å². The van der Waals surface area contributed by atoms with Gasteiger partial charge < -0.3 is 10.1 Å². The van der Waals surface area contributed by atoms with E-state index in [9.17, 15) is 4.79 Å². The molecule has 0 unspecified atom stereocenters. The molecule has 3 nitrogen and oxygen atoms in total. The van der Waals surface area contributed by atoms with Crippen molar-refractivity contribution in [2.75, 3.05) is 11.9 Å². The van der Waals surface area contributed by atoms with E-state index >= 15 is 0 Å². The van der Waals surface area contributed by atoms with Gasteiger partial charge in [0.25, 0.3) is 0 Å². The Morgan fingerprint density at radius 3 is 2.19 bits per heavy atom. The molecule has 0 saturated carbocycles. The van der Waals surface area contributed by atoms with Crippen LogP contribution < -0.4 is 10.1 Å². The van der Waals surface area contributed by atoms with Crippen molar-refractivity contribution in [3.63, 3.8) is 0 Å². The highest BCUT2D eigenvalue weighted by Gasteiger charge is 2.10. The van der Waals surface area contributed by atoms with Gasteiger partial charge in [-0.25, -0.2) is 0 Å². The lowest BCUT2D eigenvalue weighted by Gasteiger charge is -2.14. The van der Waals surface area contributed by atoms with E-state index in [-0.39, 0.29) is 5.91 Å². The molecule has 0 saturated heterocycles. The number of carbonyl (C=O) groups excluding carboxylic acids is 1. The molecule has 0 spiro atoms. The SMILES string of the molecule is CCCc1ccc(OCCCC(=O)Nc2c(CC)cccc2CC)cc1. The van der Waals surface area contributed by atoms with E-state index in [0.29, 0.717) is 19.4 Å². The Bertz CT molecular complexity index is 670. The summed E-state index contributed by atoms with van der Waals surface area (Å²) in [5, 5.41) is 3.11. The zero-order chi connectivity index (χ0) is 18.8. The van der Waals surface area contributed by atoms with Crippen molar-refractivity contribution >= 4 is 11.6 Å². The fourth-order valence-electron chi connectivity index (χ4n) is 3.07. The Labute approximate surface area is 157 Å². The van der Waals surface area contributed by atoms with Gasteiger partial charge in [0.05, 0.1) is 6.61 Å². The summed E-state index contributed by atoms with van der Waals surface area (Å²) in [4.78, 5) is 12.3. The average Bonchev–Trinajstić information content (AvgIpc) is 2.67. The highest BCUT2D eigenvalue weighted by molar-refractivity contribution is 5.92. The number of para-hydroxylation sites is 1. The Balaban J connectivity index is 1.79. The number of aryl methyl sites for hydroxylation is 3. The second kappa shape index (κ2) is 10.6. The van der Waals surface area contributed by atoms with Crippen molar-refractivity contribution in [1.82, 2.24) is 0 Å². The van der Waals surface area contributed by atoms with Crippen LogP contribution in [0.4, 0.5) is 5.69 Å². The maximum Gasteiger partial charge on any atom is 0.224 e. The second-order valence-corrected chi connectivity index (χ2v) is 6.55. The third-order valence-corrected chi connectivity index (χ3v) is 4.54. The molecule has 1 N–H and O–H groups in total. The van der Waals surface area contributed by atoms with Gasteiger partial charge in [-0.2, -0.15) is 0 Å². The molecule has 0 aliphatic heterocycles. The van der Waals surface area contributed by atoms with E-state index in [4.69, 9.17) is 4.74 Å². The maximum absolute atomic E-state index is 12.3. The quantitative estimate of drug-likeness (QED) is 0.568. The van der Waals surface area contributed by atoms with Crippen LogP contribution in [-0.2, 0) is 24.1 Å². The van der Waals surface area contributed by atoms with Gasteiger partial charge in [-0.05, 0) is 54.5 Å². The summed E-state index contributed by atoms with van der Waals surface area (Å²) in [6.07, 6.45) is 5.25. The van der Waals surface area contributed by atoms with Crippen LogP contribution in [0.15, 0.2) is 42.5 Å². The highest BCUT2D eigenvalue weighted by atomic mass is 16.5. The van der Waals surface area contributed by atoms with Gasteiger partial charge in [-0.1, -0.05) is 57.5 Å². The van der Waals surface area contributed by atoms with Crippen LogP contribution in [0.25, 0.3) is 0 Å². The lowest BCUT2D eigenvalue weighted by molar-refractivity contribution is -0.116. The van der Waals surface area contributed by atoms with E-state index in [1.165, 1.54) is 16.7 Å². The van der Waals surface area contributed by atoms with Crippen molar-refractivity contribution in [3.8, 4) is 5.75 Å². The van der Waals surface area contributed by atoms with Crippen molar-refractivity contribution in [2.45, 2.75) is 59.3 Å². The predicted octanol–water partition coefficient (Wildman–Crippen LogP) is 5.56. The smallest absolute Gasteiger partial charge is 0.224 e. The fraction of sp³-hybridized carbons (Fsp3) is 0.435. The summed E-state index contributed by atoms with van der Waals surface area (Å²) in [5.74, 6) is 0.928. The number of ether oxygens (including phenoxy) is 1. The van der Waals surface area contributed by atoms with E-state index < -0.39 is 0 Å². The largest absolute Gasteiger partial charge is 0.494 e. The number of carbonyl (C=O) groups is 1. The highest BCUT2D eigenvalue weighted by Crippen LogP contribution is 2.23. The lowest BCUT2D eigenvalue weighted by Crippen LogP contribution is -2.15. The third-order valence-electron chi connectivity index (χ3n) is 4.54. The van der Waals surface area contributed by atoms with Gasteiger partial charge in [0.2, 0.25) is 5.91 Å². The molecule has 1 amide bonds. The van der Waals surface area contributed by atoms with Gasteiger partial charge in [0, 0.05) is 12.1 Å². The van der Waals surface area contributed by atoms with Crippen molar-refractivity contribution in [2.24, 2.45) is 0 Å². The predicted molar refractivity (Wildman–Crippen MR) is 109 cm³/mol. The summed E-state index contributed by atoms with van der Waals surface area (Å²) < 4.78 is 5.75. The number of hydrogen-bond acceptors (Lipinski definition) is 2. The number of anilines is 1. The molecular weight excluding hydrogens is 322 g/mol. The van der Waals surface area contributed by atoms with Gasteiger partial charge in [0.15, 0.2) is 0 Å². The van der Waals surface area contributed by atoms with Crippen molar-refractivity contribution in [3.05, 3.63) is 59.2 Å². The molecule has 2 aromatic carbocycles. The molecule has 26 heavy (non-hydrogen) atoms. The van der Waals surface area contributed by atoms with E-state index in [0.717, 1.165) is 37.1 Å². The van der Waals surface area contributed by atoms with E-state index in [1.807, 2.05) is 12.1 Å². The minimum absolute atomic E-state index is 0.0579. The van der Waals surface area contributed by atoms with Crippen LogP contribution in [0.3, 0.4) is 0 Å². The molecule has 0 fully saturated rings. The standard InChI is InChI=1S/C23H31NO2/c1-4-9-18-13-15-21(16-14-18)26-17-8-12-22(25)24-23-19(5-2)10-7-11-20(23)6-3/h7,10-11,13-16H,4-6,8-9,12,17H2,1-3H3,(H,24,25). The topological polar surface area (TPSA) is 38.3 Å². The first-order chi connectivity index (χ1) is 12.7. The minimum Gasteiger partial charge on any atom is -0.494 e. The fourth-order valence-corrected chi connectivity index (χ4v) is 3.07. The summed E-state index contributed by atoms with van der Waals surface area (Å²) in [6, 6.07) is 14.5. The molecule has 0 heterocycles. The van der Waals surface area contributed by atoms with E-state index in [2.05, 4.69) is 56.4 Å². The summed E-state index contributed by atoms with van der Waals surface area (Å²) in [5.41, 5.74) is 4.72. The number of hydrogen-bond donors (Lipinski definition) is 1. The van der Waals surface area contributed by atoms with Gasteiger partial charge in [-0.3, -0.25) is 4.79 Å². The van der Waals surface area contributed by atoms with Crippen LogP contribution in [0.2, 0.25) is 0 Å². The third kappa shape index (κ3) is 5.91. The van der Waals surface area contributed by atoms with Crippen molar-refractivity contribution in [1.29, 1.82) is 0 Å². The number of amides is 1. The molecule has 0 aromatic heterocycles. The maximum atomic E-state index is 12.3. The number of nitrogens with one attached hydrogen (secondary N) is 1.